The van der Waals surface area contributed by atoms with Crippen molar-refractivity contribution in [1.82, 2.24) is 5.32 Å². The zero-order valence-corrected chi connectivity index (χ0v) is 18.4. The average Bonchev–Trinajstić information content (AvgIpc) is 3.51. The molecule has 0 spiro atoms. The van der Waals surface area contributed by atoms with Crippen LogP contribution >= 0.6 is 0 Å². The fourth-order valence-electron chi connectivity index (χ4n) is 4.58. The van der Waals surface area contributed by atoms with Crippen LogP contribution in [0, 0.1) is 11.7 Å². The highest BCUT2D eigenvalue weighted by molar-refractivity contribution is 5.95. The second kappa shape index (κ2) is 10.7. The molecule has 2 aromatic carbocycles. The van der Waals surface area contributed by atoms with Gasteiger partial charge in [-0.05, 0) is 61.1 Å². The molecular formula is C26H31FN2O3. The second-order valence-electron chi connectivity index (χ2n) is 8.82. The van der Waals surface area contributed by atoms with Crippen molar-refractivity contribution in [2.75, 3.05) is 18.1 Å². The number of amides is 2. The number of rotatable bonds is 8. The molecule has 2 fully saturated rings. The molecule has 170 valence electrons. The molecule has 1 N–H and O–H groups in total. The number of hydrogen-bond acceptors (Lipinski definition) is 3. The number of nitrogens with one attached hydrogen (secondary N) is 1. The van der Waals surface area contributed by atoms with Gasteiger partial charge in [0.05, 0.1) is 19.1 Å². The van der Waals surface area contributed by atoms with Gasteiger partial charge in [0.25, 0.3) is 0 Å². The van der Waals surface area contributed by atoms with Gasteiger partial charge < -0.3 is 15.0 Å². The molecule has 1 atom stereocenters. The third-order valence-corrected chi connectivity index (χ3v) is 6.36. The summed E-state index contributed by atoms with van der Waals surface area (Å²) in [5.74, 6) is -0.229. The minimum Gasteiger partial charge on any atom is -0.376 e. The van der Waals surface area contributed by atoms with Crippen LogP contribution in [0.3, 0.4) is 0 Å². The lowest BCUT2D eigenvalue weighted by Gasteiger charge is -2.26. The highest BCUT2D eigenvalue weighted by Crippen LogP contribution is 2.30. The van der Waals surface area contributed by atoms with Crippen LogP contribution in [0.2, 0.25) is 0 Å². The number of carbonyl (C=O) groups excluding carboxylic acids is 2. The third kappa shape index (κ3) is 5.94. The van der Waals surface area contributed by atoms with Crippen molar-refractivity contribution in [1.29, 1.82) is 0 Å². The molecule has 2 aliphatic rings. The van der Waals surface area contributed by atoms with Crippen LogP contribution in [0.1, 0.15) is 49.7 Å². The fourth-order valence-corrected chi connectivity index (χ4v) is 4.58. The number of benzene rings is 2. The van der Waals surface area contributed by atoms with Crippen LogP contribution in [0.4, 0.5) is 10.1 Å². The molecule has 1 saturated heterocycles. The van der Waals surface area contributed by atoms with Gasteiger partial charge in [0.2, 0.25) is 11.8 Å². The van der Waals surface area contributed by atoms with Gasteiger partial charge in [0, 0.05) is 24.8 Å². The van der Waals surface area contributed by atoms with E-state index >= 15 is 0 Å². The Hall–Kier alpha value is -2.73. The normalized spacial score (nSPS) is 18.6. The molecule has 1 aliphatic heterocycles. The Morgan fingerprint density at radius 3 is 2.47 bits per heavy atom. The minimum atomic E-state index is -0.305. The first-order valence-electron chi connectivity index (χ1n) is 11.6. The molecule has 5 nitrogen and oxygen atoms in total. The third-order valence-electron chi connectivity index (χ3n) is 6.36. The SMILES string of the molecule is O=C(Cc1ccc(N(Cc2cccc(F)c2)C(=O)C2CCCC2)cc1)NC[C@H]1CCCO1. The summed E-state index contributed by atoms with van der Waals surface area (Å²) in [6.07, 6.45) is 6.41. The van der Waals surface area contributed by atoms with Gasteiger partial charge in [-0.3, -0.25) is 9.59 Å². The maximum Gasteiger partial charge on any atom is 0.230 e. The molecule has 0 bridgehead atoms. The van der Waals surface area contributed by atoms with Crippen molar-refractivity contribution >= 4 is 17.5 Å². The molecule has 4 rings (SSSR count). The van der Waals surface area contributed by atoms with Crippen molar-refractivity contribution in [2.24, 2.45) is 5.92 Å². The first kappa shape index (κ1) is 22.5. The highest BCUT2D eigenvalue weighted by Gasteiger charge is 2.28. The van der Waals surface area contributed by atoms with Crippen LogP contribution < -0.4 is 10.2 Å². The zero-order chi connectivity index (χ0) is 22.3. The van der Waals surface area contributed by atoms with Crippen LogP contribution in [0.5, 0.6) is 0 Å². The minimum absolute atomic E-state index is 0.0202. The predicted octanol–water partition coefficient (Wildman–Crippen LogP) is 4.39. The van der Waals surface area contributed by atoms with Crippen LogP contribution in [0.25, 0.3) is 0 Å². The van der Waals surface area contributed by atoms with Gasteiger partial charge in [-0.2, -0.15) is 0 Å². The largest absolute Gasteiger partial charge is 0.376 e. The fraction of sp³-hybridized carbons (Fsp3) is 0.462. The van der Waals surface area contributed by atoms with Gasteiger partial charge in [-0.25, -0.2) is 4.39 Å². The number of ether oxygens (including phenoxy) is 1. The Bertz CT molecular complexity index is 919. The van der Waals surface area contributed by atoms with E-state index in [0.717, 1.165) is 61.9 Å². The molecular weight excluding hydrogens is 407 g/mol. The number of halogens is 1. The monoisotopic (exact) mass is 438 g/mol. The molecule has 32 heavy (non-hydrogen) atoms. The van der Waals surface area contributed by atoms with E-state index in [-0.39, 0.29) is 36.1 Å². The predicted molar refractivity (Wildman–Crippen MR) is 122 cm³/mol. The molecule has 2 aromatic rings. The van der Waals surface area contributed by atoms with Crippen LogP contribution in [-0.2, 0) is 27.3 Å². The van der Waals surface area contributed by atoms with E-state index in [1.807, 2.05) is 30.3 Å². The smallest absolute Gasteiger partial charge is 0.230 e. The second-order valence-corrected chi connectivity index (χ2v) is 8.82. The molecule has 1 aliphatic carbocycles. The topological polar surface area (TPSA) is 58.6 Å². The summed E-state index contributed by atoms with van der Waals surface area (Å²) in [5.41, 5.74) is 2.42. The number of anilines is 1. The zero-order valence-electron chi connectivity index (χ0n) is 18.4. The number of carbonyl (C=O) groups is 2. The average molecular weight is 439 g/mol. The van der Waals surface area contributed by atoms with E-state index in [1.54, 1.807) is 11.0 Å². The highest BCUT2D eigenvalue weighted by atomic mass is 19.1. The van der Waals surface area contributed by atoms with Crippen LogP contribution in [-0.4, -0.2) is 31.1 Å². The Kier molecular flexibility index (Phi) is 7.53. The summed E-state index contributed by atoms with van der Waals surface area (Å²) in [7, 11) is 0. The Morgan fingerprint density at radius 2 is 1.78 bits per heavy atom. The van der Waals surface area contributed by atoms with Gasteiger partial charge in [0.1, 0.15) is 5.82 Å². The van der Waals surface area contributed by atoms with Crippen molar-refractivity contribution in [3.63, 3.8) is 0 Å². The summed E-state index contributed by atoms with van der Waals surface area (Å²) in [5, 5.41) is 2.94. The maximum atomic E-state index is 13.7. The molecule has 0 aromatic heterocycles. The quantitative estimate of drug-likeness (QED) is 0.665. The molecule has 2 amide bonds. The van der Waals surface area contributed by atoms with Gasteiger partial charge in [-0.1, -0.05) is 37.1 Å². The first-order chi connectivity index (χ1) is 15.6. The molecule has 1 heterocycles. The molecule has 0 radical (unpaired) electrons. The number of nitrogens with zero attached hydrogens (tertiary/aromatic N) is 1. The Labute approximate surface area is 188 Å². The standard InChI is InChI=1S/C26H31FN2O3/c27-22-8-3-5-20(15-22)18-29(26(31)21-6-1-2-7-21)23-12-10-19(11-13-23)16-25(30)28-17-24-9-4-14-32-24/h3,5,8,10-13,15,21,24H,1-2,4,6-7,9,14,16-18H2,(H,28,30)/t24-/m1/s1. The van der Waals surface area contributed by atoms with Crippen molar-refractivity contribution in [3.8, 4) is 0 Å². The van der Waals surface area contributed by atoms with E-state index in [0.29, 0.717) is 13.1 Å². The van der Waals surface area contributed by atoms with Crippen molar-refractivity contribution in [3.05, 3.63) is 65.5 Å². The molecule has 1 saturated carbocycles. The summed E-state index contributed by atoms with van der Waals surface area (Å²) >= 11 is 0. The Morgan fingerprint density at radius 1 is 1.00 bits per heavy atom. The first-order valence-corrected chi connectivity index (χ1v) is 11.6. The summed E-state index contributed by atoms with van der Waals surface area (Å²) in [4.78, 5) is 27.3. The lowest BCUT2D eigenvalue weighted by Crippen LogP contribution is -2.35. The summed E-state index contributed by atoms with van der Waals surface area (Å²) in [6.45, 7) is 1.65. The maximum absolute atomic E-state index is 13.7. The van der Waals surface area contributed by atoms with Crippen molar-refractivity contribution < 1.29 is 18.7 Å². The lowest BCUT2D eigenvalue weighted by atomic mass is 10.0. The summed E-state index contributed by atoms with van der Waals surface area (Å²) < 4.78 is 19.2. The Balaban J connectivity index is 1.43. The molecule has 0 unspecified atom stereocenters. The number of hydrogen-bond donors (Lipinski definition) is 1. The van der Waals surface area contributed by atoms with Gasteiger partial charge in [-0.15, -0.1) is 0 Å². The van der Waals surface area contributed by atoms with Crippen molar-refractivity contribution in [2.45, 2.75) is 57.6 Å². The van der Waals surface area contributed by atoms with Gasteiger partial charge in [0.15, 0.2) is 0 Å². The van der Waals surface area contributed by atoms with Gasteiger partial charge >= 0.3 is 0 Å². The lowest BCUT2D eigenvalue weighted by molar-refractivity contribution is -0.122. The van der Waals surface area contributed by atoms with E-state index in [4.69, 9.17) is 4.74 Å². The summed E-state index contributed by atoms with van der Waals surface area (Å²) in [6, 6.07) is 13.9. The van der Waals surface area contributed by atoms with Crippen LogP contribution in [0.15, 0.2) is 48.5 Å². The van der Waals surface area contributed by atoms with E-state index < -0.39 is 0 Å². The van der Waals surface area contributed by atoms with E-state index in [1.165, 1.54) is 12.1 Å². The molecule has 6 heteroatoms. The van der Waals surface area contributed by atoms with E-state index in [2.05, 4.69) is 5.32 Å². The van der Waals surface area contributed by atoms with E-state index in [9.17, 15) is 14.0 Å².